The molecule has 3 aromatic rings. The highest BCUT2D eigenvalue weighted by Crippen LogP contribution is 2.23. The van der Waals surface area contributed by atoms with E-state index in [0.29, 0.717) is 12.2 Å². The lowest BCUT2D eigenvalue weighted by Crippen LogP contribution is -2.38. The van der Waals surface area contributed by atoms with Crippen LogP contribution in [0.3, 0.4) is 0 Å². The second-order valence-corrected chi connectivity index (χ2v) is 9.10. The van der Waals surface area contributed by atoms with Crippen molar-refractivity contribution in [3.05, 3.63) is 72.3 Å². The van der Waals surface area contributed by atoms with Crippen molar-refractivity contribution in [3.8, 4) is 5.75 Å². The molecule has 0 aliphatic heterocycles. The standard InChI is InChI=1S/C23H25NO4S/c1-4-22(18-10-13-21(14-11-18)29(3,26)27)24-23(25)16(2)28-20-12-9-17-7-5-6-8-19(17)15-20/h5-16,22H,4H2,1-3H3,(H,24,25). The summed E-state index contributed by atoms with van der Waals surface area (Å²) in [6.07, 6.45) is 1.18. The molecule has 2 atom stereocenters. The molecule has 0 heterocycles. The Hall–Kier alpha value is -2.86. The molecule has 0 aromatic heterocycles. The number of fused-ring (bicyclic) bond motifs is 1. The number of carbonyl (C=O) groups excluding carboxylic acids is 1. The van der Waals surface area contributed by atoms with Crippen LogP contribution >= 0.6 is 0 Å². The maximum Gasteiger partial charge on any atom is 0.261 e. The molecule has 3 rings (SSSR count). The minimum absolute atomic E-state index is 0.223. The van der Waals surface area contributed by atoms with Gasteiger partial charge in [0.1, 0.15) is 5.75 Å². The molecule has 0 saturated carbocycles. The van der Waals surface area contributed by atoms with Crippen molar-refractivity contribution >= 4 is 26.5 Å². The molecule has 0 bridgehead atoms. The Morgan fingerprint density at radius 3 is 2.28 bits per heavy atom. The molecule has 0 radical (unpaired) electrons. The molecule has 3 aromatic carbocycles. The van der Waals surface area contributed by atoms with Crippen molar-refractivity contribution in [3.63, 3.8) is 0 Å². The fourth-order valence-electron chi connectivity index (χ4n) is 3.16. The van der Waals surface area contributed by atoms with Gasteiger partial charge in [-0.3, -0.25) is 4.79 Å². The van der Waals surface area contributed by atoms with Gasteiger partial charge in [-0.2, -0.15) is 0 Å². The van der Waals surface area contributed by atoms with Gasteiger partial charge in [0, 0.05) is 6.26 Å². The van der Waals surface area contributed by atoms with E-state index in [1.165, 1.54) is 6.26 Å². The summed E-state index contributed by atoms with van der Waals surface area (Å²) < 4.78 is 29.1. The van der Waals surface area contributed by atoms with Gasteiger partial charge in [-0.15, -0.1) is 0 Å². The largest absolute Gasteiger partial charge is 0.481 e. The first-order chi connectivity index (χ1) is 13.8. The third-order valence-electron chi connectivity index (χ3n) is 4.84. The van der Waals surface area contributed by atoms with Gasteiger partial charge in [-0.25, -0.2) is 8.42 Å². The summed E-state index contributed by atoms with van der Waals surface area (Å²) in [5, 5.41) is 5.15. The van der Waals surface area contributed by atoms with Crippen molar-refractivity contribution < 1.29 is 17.9 Å². The zero-order valence-corrected chi connectivity index (χ0v) is 17.6. The van der Waals surface area contributed by atoms with Crippen LogP contribution in [0.4, 0.5) is 0 Å². The number of rotatable bonds is 7. The van der Waals surface area contributed by atoms with Crippen LogP contribution in [0.5, 0.6) is 5.75 Å². The molecule has 1 N–H and O–H groups in total. The van der Waals surface area contributed by atoms with E-state index in [9.17, 15) is 13.2 Å². The maximum absolute atomic E-state index is 12.6. The van der Waals surface area contributed by atoms with Crippen molar-refractivity contribution in [1.82, 2.24) is 5.32 Å². The van der Waals surface area contributed by atoms with Gasteiger partial charge in [-0.1, -0.05) is 49.4 Å². The first kappa shape index (κ1) is 20.9. The molecule has 6 heteroatoms. The number of amides is 1. The highest BCUT2D eigenvalue weighted by atomic mass is 32.2. The summed E-state index contributed by atoms with van der Waals surface area (Å²) in [7, 11) is -3.25. The zero-order valence-electron chi connectivity index (χ0n) is 16.8. The van der Waals surface area contributed by atoms with Gasteiger partial charge in [-0.05, 0) is 53.9 Å². The van der Waals surface area contributed by atoms with Crippen LogP contribution < -0.4 is 10.1 Å². The number of benzene rings is 3. The van der Waals surface area contributed by atoms with Gasteiger partial charge in [0.2, 0.25) is 0 Å². The molecule has 1 amide bonds. The smallest absolute Gasteiger partial charge is 0.261 e. The lowest BCUT2D eigenvalue weighted by Gasteiger charge is -2.21. The van der Waals surface area contributed by atoms with Gasteiger partial charge in [0.05, 0.1) is 10.9 Å². The molecule has 5 nitrogen and oxygen atoms in total. The number of sulfone groups is 1. The fraction of sp³-hybridized carbons (Fsp3) is 0.261. The van der Waals surface area contributed by atoms with Crippen LogP contribution in [-0.4, -0.2) is 26.7 Å². The van der Waals surface area contributed by atoms with Crippen molar-refractivity contribution in [1.29, 1.82) is 0 Å². The summed E-state index contributed by atoms with van der Waals surface area (Å²) in [5.74, 6) is 0.411. The first-order valence-electron chi connectivity index (χ1n) is 9.54. The summed E-state index contributed by atoms with van der Waals surface area (Å²) in [4.78, 5) is 12.9. The van der Waals surface area contributed by atoms with Crippen LogP contribution in [0, 0.1) is 0 Å². The monoisotopic (exact) mass is 411 g/mol. The van der Waals surface area contributed by atoms with Crippen LogP contribution in [-0.2, 0) is 14.6 Å². The number of hydrogen-bond acceptors (Lipinski definition) is 4. The quantitative estimate of drug-likeness (QED) is 0.630. The van der Waals surface area contributed by atoms with E-state index < -0.39 is 15.9 Å². The molecule has 0 fully saturated rings. The molecule has 0 aliphatic rings. The summed E-state index contributed by atoms with van der Waals surface area (Å²) in [6, 6.07) is 20.1. The van der Waals surface area contributed by atoms with Crippen LogP contribution in [0.25, 0.3) is 10.8 Å². The van der Waals surface area contributed by atoms with Crippen LogP contribution in [0.15, 0.2) is 71.6 Å². The number of hydrogen-bond donors (Lipinski definition) is 1. The van der Waals surface area contributed by atoms with Gasteiger partial charge < -0.3 is 10.1 Å². The van der Waals surface area contributed by atoms with E-state index in [1.807, 2.05) is 49.4 Å². The van der Waals surface area contributed by atoms with E-state index in [-0.39, 0.29) is 16.8 Å². The highest BCUT2D eigenvalue weighted by Gasteiger charge is 2.20. The predicted molar refractivity (Wildman–Crippen MR) is 115 cm³/mol. The Morgan fingerprint density at radius 2 is 1.66 bits per heavy atom. The normalized spacial score (nSPS) is 13.6. The highest BCUT2D eigenvalue weighted by molar-refractivity contribution is 7.90. The predicted octanol–water partition coefficient (Wildman–Crippen LogP) is 4.28. The van der Waals surface area contributed by atoms with Crippen molar-refractivity contribution in [2.45, 2.75) is 37.3 Å². The zero-order chi connectivity index (χ0) is 21.0. The Labute approximate surface area is 171 Å². The molecule has 152 valence electrons. The first-order valence-corrected chi connectivity index (χ1v) is 11.4. The molecular weight excluding hydrogens is 386 g/mol. The number of carbonyl (C=O) groups is 1. The Bertz CT molecular complexity index is 1110. The third-order valence-corrected chi connectivity index (χ3v) is 5.97. The summed E-state index contributed by atoms with van der Waals surface area (Å²) in [6.45, 7) is 3.67. The minimum atomic E-state index is -3.25. The summed E-state index contributed by atoms with van der Waals surface area (Å²) in [5.41, 5.74) is 0.853. The fourth-order valence-corrected chi connectivity index (χ4v) is 3.79. The summed E-state index contributed by atoms with van der Waals surface area (Å²) >= 11 is 0. The van der Waals surface area contributed by atoms with E-state index in [4.69, 9.17) is 4.74 Å². The third kappa shape index (κ3) is 5.15. The molecule has 0 saturated heterocycles. The van der Waals surface area contributed by atoms with Crippen LogP contribution in [0.1, 0.15) is 31.9 Å². The van der Waals surface area contributed by atoms with Gasteiger partial charge >= 0.3 is 0 Å². The average molecular weight is 412 g/mol. The number of ether oxygens (including phenoxy) is 1. The second kappa shape index (κ2) is 8.66. The maximum atomic E-state index is 12.6. The Balaban J connectivity index is 1.68. The van der Waals surface area contributed by atoms with Gasteiger partial charge in [0.15, 0.2) is 15.9 Å². The topological polar surface area (TPSA) is 72.5 Å². The van der Waals surface area contributed by atoms with Gasteiger partial charge in [0.25, 0.3) is 5.91 Å². The van der Waals surface area contributed by atoms with Crippen molar-refractivity contribution in [2.75, 3.05) is 6.26 Å². The average Bonchev–Trinajstić information content (AvgIpc) is 2.71. The van der Waals surface area contributed by atoms with E-state index >= 15 is 0 Å². The van der Waals surface area contributed by atoms with E-state index in [2.05, 4.69) is 5.32 Å². The molecule has 2 unspecified atom stereocenters. The second-order valence-electron chi connectivity index (χ2n) is 7.08. The Morgan fingerprint density at radius 1 is 1.00 bits per heavy atom. The van der Waals surface area contributed by atoms with Crippen LogP contribution in [0.2, 0.25) is 0 Å². The molecule has 0 aliphatic carbocycles. The lowest BCUT2D eigenvalue weighted by atomic mass is 10.0. The molecular formula is C23H25NO4S. The van der Waals surface area contributed by atoms with E-state index in [1.54, 1.807) is 31.2 Å². The molecule has 29 heavy (non-hydrogen) atoms. The van der Waals surface area contributed by atoms with E-state index in [0.717, 1.165) is 16.3 Å². The minimum Gasteiger partial charge on any atom is -0.481 e. The number of nitrogens with one attached hydrogen (secondary N) is 1. The van der Waals surface area contributed by atoms with Crippen molar-refractivity contribution in [2.24, 2.45) is 0 Å². The Kier molecular flexibility index (Phi) is 6.23. The molecule has 0 spiro atoms. The SMILES string of the molecule is CCC(NC(=O)C(C)Oc1ccc2ccccc2c1)c1ccc(S(C)(=O)=O)cc1. The lowest BCUT2D eigenvalue weighted by molar-refractivity contribution is -0.128.